The second-order valence-electron chi connectivity index (χ2n) is 2.61. The highest BCUT2D eigenvalue weighted by Gasteiger charge is 2.17. The fourth-order valence-corrected chi connectivity index (χ4v) is 1.81. The fraction of sp³-hybridized carbons (Fsp3) is 1.00. The molecule has 9 heavy (non-hydrogen) atoms. The summed E-state index contributed by atoms with van der Waals surface area (Å²) in [6.45, 7) is 0. The van der Waals surface area contributed by atoms with Gasteiger partial charge in [-0.1, -0.05) is 0 Å². The maximum absolute atomic E-state index is 9.09. The number of aliphatic hydroxyl groups excluding tert-OH is 1. The lowest BCUT2D eigenvalue weighted by molar-refractivity contribution is 0.122. The van der Waals surface area contributed by atoms with Crippen molar-refractivity contribution < 1.29 is 5.11 Å². The molecular formula is C6H12INO. The largest absolute Gasteiger partial charge is 0.393 e. The van der Waals surface area contributed by atoms with Crippen LogP contribution in [0.4, 0.5) is 0 Å². The summed E-state index contributed by atoms with van der Waals surface area (Å²) in [4.78, 5) is 0. The van der Waals surface area contributed by atoms with Crippen molar-refractivity contribution >= 4 is 22.9 Å². The second kappa shape index (κ2) is 3.73. The fourth-order valence-electron chi connectivity index (χ4n) is 1.18. The number of nitrogens with one attached hydrogen (secondary N) is 1. The maximum atomic E-state index is 9.09. The molecule has 1 saturated carbocycles. The zero-order chi connectivity index (χ0) is 6.69. The zero-order valence-corrected chi connectivity index (χ0v) is 7.47. The SMILES string of the molecule is O[C@H]1CC[C@H](NI)CC1. The van der Waals surface area contributed by atoms with Crippen LogP contribution in [0.2, 0.25) is 0 Å². The quantitative estimate of drug-likeness (QED) is 0.534. The molecule has 54 valence electrons. The lowest BCUT2D eigenvalue weighted by atomic mass is 9.94. The summed E-state index contributed by atoms with van der Waals surface area (Å²) in [5, 5.41) is 9.09. The van der Waals surface area contributed by atoms with Crippen molar-refractivity contribution in [1.29, 1.82) is 0 Å². The van der Waals surface area contributed by atoms with Crippen molar-refractivity contribution in [3.63, 3.8) is 0 Å². The first-order valence-corrected chi connectivity index (χ1v) is 4.45. The van der Waals surface area contributed by atoms with Crippen molar-refractivity contribution in [2.45, 2.75) is 37.8 Å². The summed E-state index contributed by atoms with van der Waals surface area (Å²) in [5.41, 5.74) is 0. The Morgan fingerprint density at radius 2 is 1.78 bits per heavy atom. The van der Waals surface area contributed by atoms with E-state index >= 15 is 0 Å². The molecule has 2 nitrogen and oxygen atoms in total. The number of halogens is 1. The molecule has 3 heteroatoms. The topological polar surface area (TPSA) is 32.3 Å². The van der Waals surface area contributed by atoms with Crippen molar-refractivity contribution in [3.05, 3.63) is 0 Å². The molecule has 0 unspecified atom stereocenters. The van der Waals surface area contributed by atoms with Crippen LogP contribution in [0.25, 0.3) is 0 Å². The van der Waals surface area contributed by atoms with E-state index in [0.717, 1.165) is 25.7 Å². The monoisotopic (exact) mass is 241 g/mol. The molecule has 0 radical (unpaired) electrons. The van der Waals surface area contributed by atoms with Crippen LogP contribution in [-0.4, -0.2) is 17.3 Å². The van der Waals surface area contributed by atoms with E-state index in [0.29, 0.717) is 6.04 Å². The molecule has 0 aromatic rings. The van der Waals surface area contributed by atoms with Crippen LogP contribution in [0.5, 0.6) is 0 Å². The van der Waals surface area contributed by atoms with Gasteiger partial charge in [-0.2, -0.15) is 0 Å². The Morgan fingerprint density at radius 3 is 2.22 bits per heavy atom. The van der Waals surface area contributed by atoms with Gasteiger partial charge in [0.15, 0.2) is 0 Å². The molecular weight excluding hydrogens is 229 g/mol. The Bertz CT molecular complexity index is 81.1. The first-order valence-electron chi connectivity index (χ1n) is 3.37. The highest BCUT2D eigenvalue weighted by Crippen LogP contribution is 2.18. The molecule has 0 saturated heterocycles. The minimum Gasteiger partial charge on any atom is -0.393 e. The molecule has 0 bridgehead atoms. The van der Waals surface area contributed by atoms with Gasteiger partial charge in [-0.3, -0.25) is 3.53 Å². The molecule has 0 aromatic heterocycles. The Morgan fingerprint density at radius 1 is 1.22 bits per heavy atom. The molecule has 0 amide bonds. The van der Waals surface area contributed by atoms with Gasteiger partial charge in [0.25, 0.3) is 0 Å². The zero-order valence-electron chi connectivity index (χ0n) is 5.31. The Labute approximate surface area is 69.5 Å². The van der Waals surface area contributed by atoms with Crippen LogP contribution < -0.4 is 3.53 Å². The van der Waals surface area contributed by atoms with Crippen LogP contribution in [0, 0.1) is 0 Å². The Balaban J connectivity index is 2.18. The van der Waals surface area contributed by atoms with Gasteiger partial charge in [-0.05, 0) is 25.7 Å². The van der Waals surface area contributed by atoms with E-state index in [1.807, 2.05) is 0 Å². The minimum absolute atomic E-state index is 0.0222. The van der Waals surface area contributed by atoms with Gasteiger partial charge in [0.1, 0.15) is 0 Å². The van der Waals surface area contributed by atoms with E-state index in [1.165, 1.54) is 0 Å². The van der Waals surface area contributed by atoms with E-state index < -0.39 is 0 Å². The molecule has 1 aliphatic rings. The van der Waals surface area contributed by atoms with Gasteiger partial charge in [-0.15, -0.1) is 0 Å². The van der Waals surface area contributed by atoms with Gasteiger partial charge in [0.05, 0.1) is 6.10 Å². The van der Waals surface area contributed by atoms with E-state index in [2.05, 4.69) is 26.4 Å². The van der Waals surface area contributed by atoms with Gasteiger partial charge in [-0.25, -0.2) is 0 Å². The molecule has 0 spiro atoms. The number of hydrogen-bond donors (Lipinski definition) is 2. The highest BCUT2D eigenvalue weighted by atomic mass is 127. The predicted octanol–water partition coefficient (Wildman–Crippen LogP) is 1.23. The number of aliphatic hydroxyl groups is 1. The maximum Gasteiger partial charge on any atom is 0.0541 e. The third-order valence-electron chi connectivity index (χ3n) is 1.85. The number of rotatable bonds is 1. The molecule has 0 heterocycles. The third-order valence-corrected chi connectivity index (χ3v) is 2.73. The number of hydrogen-bond acceptors (Lipinski definition) is 2. The molecule has 1 fully saturated rings. The summed E-state index contributed by atoms with van der Waals surface area (Å²) in [5.74, 6) is 0. The van der Waals surface area contributed by atoms with Crippen molar-refractivity contribution in [3.8, 4) is 0 Å². The summed E-state index contributed by atoms with van der Waals surface area (Å²) < 4.78 is 3.18. The van der Waals surface area contributed by atoms with Crippen LogP contribution in [-0.2, 0) is 0 Å². The average molecular weight is 241 g/mol. The summed E-state index contributed by atoms with van der Waals surface area (Å²) in [6, 6.07) is 0.647. The van der Waals surface area contributed by atoms with Crippen LogP contribution in [0.15, 0.2) is 0 Å². The highest BCUT2D eigenvalue weighted by molar-refractivity contribution is 14.1. The molecule has 0 aliphatic heterocycles. The van der Waals surface area contributed by atoms with Gasteiger partial charge < -0.3 is 5.11 Å². The lowest BCUT2D eigenvalue weighted by Crippen LogP contribution is -2.28. The lowest BCUT2D eigenvalue weighted by Gasteiger charge is -2.23. The van der Waals surface area contributed by atoms with E-state index in [1.54, 1.807) is 0 Å². The molecule has 1 aliphatic carbocycles. The van der Waals surface area contributed by atoms with E-state index in [9.17, 15) is 0 Å². The molecule has 2 N–H and O–H groups in total. The van der Waals surface area contributed by atoms with Gasteiger partial charge in [0, 0.05) is 28.9 Å². The average Bonchev–Trinajstić information content (AvgIpc) is 1.90. The van der Waals surface area contributed by atoms with Crippen molar-refractivity contribution in [1.82, 2.24) is 3.53 Å². The standard InChI is InChI=1S/C6H12INO/c7-8-5-1-3-6(9)4-2-5/h5-6,8-9H,1-4H2/t5-,6-. The Hall–Kier alpha value is 0.650. The van der Waals surface area contributed by atoms with E-state index in [-0.39, 0.29) is 6.10 Å². The Kier molecular flexibility index (Phi) is 3.21. The normalized spacial score (nSPS) is 36.7. The van der Waals surface area contributed by atoms with Crippen molar-refractivity contribution in [2.24, 2.45) is 0 Å². The minimum atomic E-state index is -0.0222. The second-order valence-corrected chi connectivity index (χ2v) is 3.24. The summed E-state index contributed by atoms with van der Waals surface area (Å²) >= 11 is 2.18. The van der Waals surface area contributed by atoms with Crippen molar-refractivity contribution in [2.75, 3.05) is 0 Å². The van der Waals surface area contributed by atoms with Gasteiger partial charge in [0.2, 0.25) is 0 Å². The third kappa shape index (κ3) is 2.39. The summed E-state index contributed by atoms with van der Waals surface area (Å²) in [7, 11) is 0. The van der Waals surface area contributed by atoms with Crippen LogP contribution in [0.3, 0.4) is 0 Å². The smallest absolute Gasteiger partial charge is 0.0541 e. The first kappa shape index (κ1) is 7.75. The first-order chi connectivity index (χ1) is 4.33. The predicted molar refractivity (Wildman–Crippen MR) is 45.4 cm³/mol. The summed E-state index contributed by atoms with van der Waals surface area (Å²) in [6.07, 6.45) is 4.18. The van der Waals surface area contributed by atoms with Crippen LogP contribution >= 0.6 is 22.9 Å². The van der Waals surface area contributed by atoms with Gasteiger partial charge >= 0.3 is 0 Å². The molecule has 0 atom stereocenters. The molecule has 1 rings (SSSR count). The molecule has 0 aromatic carbocycles. The van der Waals surface area contributed by atoms with Crippen LogP contribution in [0.1, 0.15) is 25.7 Å². The van der Waals surface area contributed by atoms with E-state index in [4.69, 9.17) is 5.11 Å².